The van der Waals surface area contributed by atoms with Crippen LogP contribution in [-0.4, -0.2) is 98.0 Å². The normalized spacial score (nSPS) is 22.4. The Balaban J connectivity index is 2.38. The standard InChI is InChI=1S/C33H53N11O6/c34-16-7-4-12-23-29(47)39-18-9-6-14-24(44-33(36)37)30(48)40-21-28(46)38-19-15-27(45)41-26(20-22-10-2-1-3-11-22)32(50)43-25(31(49)42-23)13-5-8-17-35/h1-3,10-11,21,23-26H,4-9,12-20,34-35H2,(H,38,46)(H,39,47)(H,41,45)(H,42,49)(H,43,50)(H4,36,37,44)/t23-,24+,25-,26+/m0/s1. The van der Waals surface area contributed by atoms with Crippen molar-refractivity contribution in [3.8, 4) is 0 Å². The average molecular weight is 700 g/mol. The smallest absolute Gasteiger partial charge is 0.270 e. The van der Waals surface area contributed by atoms with Gasteiger partial charge in [0, 0.05) is 25.9 Å². The minimum atomic E-state index is -1.07. The molecule has 50 heavy (non-hydrogen) atoms. The van der Waals surface area contributed by atoms with E-state index in [9.17, 15) is 28.8 Å². The molecule has 4 atom stereocenters. The van der Waals surface area contributed by atoms with E-state index in [1.165, 1.54) is 0 Å². The second-order valence-corrected chi connectivity index (χ2v) is 12.0. The Morgan fingerprint density at radius 3 is 1.98 bits per heavy atom. The lowest BCUT2D eigenvalue weighted by Gasteiger charge is -2.26. The molecule has 1 aromatic rings. The van der Waals surface area contributed by atoms with Crippen molar-refractivity contribution in [3.63, 3.8) is 0 Å². The molecule has 1 aromatic carbocycles. The number of unbranched alkanes of at least 4 members (excludes halogenated alkanes) is 2. The molecule has 0 unspecified atom stereocenters. The topological polar surface area (TPSA) is 291 Å². The molecule has 1 aliphatic heterocycles. The van der Waals surface area contributed by atoms with Gasteiger partial charge in [-0.1, -0.05) is 30.3 Å². The van der Waals surface area contributed by atoms with Gasteiger partial charge in [0.15, 0.2) is 5.96 Å². The average Bonchev–Trinajstić information content (AvgIpc) is 3.08. The fourth-order valence-electron chi connectivity index (χ4n) is 5.17. The van der Waals surface area contributed by atoms with Gasteiger partial charge in [0.25, 0.3) is 11.8 Å². The summed E-state index contributed by atoms with van der Waals surface area (Å²) in [5.41, 5.74) is 23.1. The highest BCUT2D eigenvalue weighted by atomic mass is 16.2. The zero-order valence-corrected chi connectivity index (χ0v) is 28.5. The van der Waals surface area contributed by atoms with Crippen LogP contribution in [0.15, 0.2) is 40.3 Å². The van der Waals surface area contributed by atoms with E-state index in [1.54, 1.807) is 24.3 Å². The first kappa shape index (κ1) is 41.3. The molecule has 0 aromatic heterocycles. The summed E-state index contributed by atoms with van der Waals surface area (Å²) in [5.74, 6) is -3.89. The molecule has 0 aliphatic carbocycles. The van der Waals surface area contributed by atoms with Gasteiger partial charge in [0.2, 0.25) is 23.6 Å². The third-order valence-electron chi connectivity index (χ3n) is 7.85. The lowest BCUT2D eigenvalue weighted by molar-refractivity contribution is -0.134. The van der Waals surface area contributed by atoms with Crippen LogP contribution in [0.1, 0.15) is 69.8 Å². The van der Waals surface area contributed by atoms with Crippen LogP contribution in [0.4, 0.5) is 0 Å². The number of hydrogen-bond acceptors (Lipinski definition) is 9. The lowest BCUT2D eigenvalue weighted by atomic mass is 10.0. The number of amides is 6. The molecule has 6 amide bonds. The molecule has 0 saturated heterocycles. The van der Waals surface area contributed by atoms with Crippen molar-refractivity contribution in [2.45, 2.75) is 94.8 Å². The second kappa shape index (κ2) is 23.5. The number of carbonyl (C=O) groups excluding carboxylic acids is 6. The number of hydrogen-bond donors (Lipinski definition) is 9. The van der Waals surface area contributed by atoms with E-state index in [1.807, 2.05) is 6.07 Å². The van der Waals surface area contributed by atoms with Crippen molar-refractivity contribution in [3.05, 3.63) is 35.9 Å². The van der Waals surface area contributed by atoms with Gasteiger partial charge in [-0.25, -0.2) is 9.98 Å². The highest BCUT2D eigenvalue weighted by Crippen LogP contribution is 2.10. The Morgan fingerprint density at radius 1 is 0.740 bits per heavy atom. The number of carbonyl (C=O) groups is 6. The summed E-state index contributed by atoms with van der Waals surface area (Å²) in [7, 11) is 0. The summed E-state index contributed by atoms with van der Waals surface area (Å²) in [6, 6.07) is 5.00. The summed E-state index contributed by atoms with van der Waals surface area (Å²) in [6.07, 6.45) is 4.70. The van der Waals surface area contributed by atoms with Crippen molar-refractivity contribution in [2.24, 2.45) is 32.9 Å². The summed E-state index contributed by atoms with van der Waals surface area (Å²) in [5, 5.41) is 13.6. The number of nitrogens with two attached hydrogens (primary N) is 4. The zero-order chi connectivity index (χ0) is 36.7. The van der Waals surface area contributed by atoms with Crippen molar-refractivity contribution < 1.29 is 28.8 Å². The van der Waals surface area contributed by atoms with Crippen molar-refractivity contribution >= 4 is 47.6 Å². The first-order valence-electron chi connectivity index (χ1n) is 17.1. The molecule has 0 fully saturated rings. The predicted octanol–water partition coefficient (Wildman–Crippen LogP) is -2.01. The van der Waals surface area contributed by atoms with Gasteiger partial charge in [0.05, 0.1) is 6.21 Å². The molecule has 0 spiro atoms. The molecule has 17 nitrogen and oxygen atoms in total. The van der Waals surface area contributed by atoms with E-state index in [0.717, 1.165) is 11.8 Å². The van der Waals surface area contributed by atoms with E-state index in [2.05, 4.69) is 36.6 Å². The molecule has 1 heterocycles. The summed E-state index contributed by atoms with van der Waals surface area (Å²) in [6.45, 7) is 0.924. The minimum Gasteiger partial charge on any atom is -0.370 e. The molecule has 0 saturated carbocycles. The third-order valence-corrected chi connectivity index (χ3v) is 7.85. The summed E-state index contributed by atoms with van der Waals surface area (Å²) < 4.78 is 0. The van der Waals surface area contributed by atoms with Crippen LogP contribution >= 0.6 is 0 Å². The van der Waals surface area contributed by atoms with Crippen LogP contribution in [0, 0.1) is 0 Å². The van der Waals surface area contributed by atoms with Gasteiger partial charge in [0.1, 0.15) is 24.2 Å². The minimum absolute atomic E-state index is 0.113. The number of nitrogens with zero attached hydrogens (tertiary/aromatic N) is 2. The van der Waals surface area contributed by atoms with E-state index in [0.29, 0.717) is 58.0 Å². The fourth-order valence-corrected chi connectivity index (χ4v) is 5.17. The van der Waals surface area contributed by atoms with Crippen LogP contribution in [0.25, 0.3) is 0 Å². The van der Waals surface area contributed by atoms with Gasteiger partial charge >= 0.3 is 0 Å². The number of benzene rings is 1. The Morgan fingerprint density at radius 2 is 1.36 bits per heavy atom. The third kappa shape index (κ3) is 16.5. The van der Waals surface area contributed by atoms with Gasteiger partial charge in [-0.05, 0) is 76.4 Å². The molecule has 2 rings (SSSR count). The molecular formula is C33H53N11O6. The largest absolute Gasteiger partial charge is 0.370 e. The Bertz CT molecular complexity index is 1320. The quantitative estimate of drug-likeness (QED) is 0.0694. The highest BCUT2D eigenvalue weighted by molar-refractivity contribution is 6.28. The number of nitrogens with one attached hydrogen (secondary N) is 5. The van der Waals surface area contributed by atoms with E-state index in [4.69, 9.17) is 22.9 Å². The highest BCUT2D eigenvalue weighted by Gasteiger charge is 2.30. The van der Waals surface area contributed by atoms with Gasteiger partial charge < -0.3 is 49.5 Å². The van der Waals surface area contributed by atoms with E-state index >= 15 is 0 Å². The Labute approximate surface area is 292 Å². The molecule has 13 N–H and O–H groups in total. The molecule has 1 aliphatic rings. The monoisotopic (exact) mass is 699 g/mol. The first-order chi connectivity index (χ1) is 24.0. The number of rotatable bonds is 11. The summed E-state index contributed by atoms with van der Waals surface area (Å²) >= 11 is 0. The van der Waals surface area contributed by atoms with Crippen molar-refractivity contribution in [2.75, 3.05) is 26.2 Å². The number of guanidine groups is 1. The van der Waals surface area contributed by atoms with Crippen LogP contribution in [0.2, 0.25) is 0 Å². The lowest BCUT2D eigenvalue weighted by Crippen LogP contribution is -2.57. The van der Waals surface area contributed by atoms with Gasteiger partial charge in [-0.15, -0.1) is 0 Å². The molecule has 0 bridgehead atoms. The van der Waals surface area contributed by atoms with Gasteiger partial charge in [-0.2, -0.15) is 0 Å². The Hall–Kier alpha value is -4.90. The SMILES string of the molecule is NCCCC[C@@H]1NC(=O)[C@H](CCCCN)NC(=O)[C@@H](Cc2ccccc2)NC(=O)CCNC(=O)C=NC(=O)[C@H](N=C(N)N)CCCCNC1=O. The van der Waals surface area contributed by atoms with Crippen molar-refractivity contribution in [1.82, 2.24) is 26.6 Å². The van der Waals surface area contributed by atoms with Crippen molar-refractivity contribution in [1.29, 1.82) is 0 Å². The number of aliphatic imine (C=N–C) groups is 2. The summed E-state index contributed by atoms with van der Waals surface area (Å²) in [4.78, 5) is 86.2. The maximum atomic E-state index is 13.7. The maximum absolute atomic E-state index is 13.7. The predicted molar refractivity (Wildman–Crippen MR) is 189 cm³/mol. The second-order valence-electron chi connectivity index (χ2n) is 12.0. The zero-order valence-electron chi connectivity index (χ0n) is 28.5. The molecule has 0 radical (unpaired) electrons. The first-order valence-corrected chi connectivity index (χ1v) is 17.1. The maximum Gasteiger partial charge on any atom is 0.270 e. The van der Waals surface area contributed by atoms with Crippen LogP contribution in [-0.2, 0) is 35.2 Å². The van der Waals surface area contributed by atoms with Gasteiger partial charge in [-0.3, -0.25) is 28.8 Å². The van der Waals surface area contributed by atoms with Crippen LogP contribution in [0.5, 0.6) is 0 Å². The molecule has 17 heteroatoms. The van der Waals surface area contributed by atoms with E-state index in [-0.39, 0.29) is 44.7 Å². The molecular weight excluding hydrogens is 646 g/mol. The Kier molecular flexibility index (Phi) is 19.4. The molecule has 276 valence electrons. The van der Waals surface area contributed by atoms with E-state index < -0.39 is 59.6 Å². The fraction of sp³-hybridized carbons (Fsp3) is 0.576. The van der Waals surface area contributed by atoms with Crippen LogP contribution in [0.3, 0.4) is 0 Å². The van der Waals surface area contributed by atoms with Crippen LogP contribution < -0.4 is 49.5 Å².